The number of hydrogen-bond donors (Lipinski definition) is 3. The Hall–Kier alpha value is -3.78. The first-order valence-corrected chi connectivity index (χ1v) is 9.32. The summed E-state index contributed by atoms with van der Waals surface area (Å²) in [7, 11) is -4.38. The van der Waals surface area contributed by atoms with Crippen molar-refractivity contribution in [3.8, 4) is 0 Å². The summed E-state index contributed by atoms with van der Waals surface area (Å²) in [4.78, 5) is 47.2. The van der Waals surface area contributed by atoms with E-state index in [0.29, 0.717) is 0 Å². The van der Waals surface area contributed by atoms with Crippen LogP contribution in [0, 0.1) is 10.1 Å². The van der Waals surface area contributed by atoms with Crippen LogP contribution in [0.4, 0.5) is 10.5 Å². The molecule has 29 heavy (non-hydrogen) atoms. The van der Waals surface area contributed by atoms with E-state index >= 15 is 0 Å². The topological polar surface area (TPSA) is 205 Å². The predicted octanol–water partition coefficient (Wildman–Crippen LogP) is 0.0932. The molecule has 2 aromatic carbocycles. The Labute approximate surface area is 160 Å². The van der Waals surface area contributed by atoms with Crippen LogP contribution in [-0.2, 0) is 21.3 Å². The Morgan fingerprint density at radius 2 is 2.03 bits per heavy atom. The second kappa shape index (κ2) is 6.99. The van der Waals surface area contributed by atoms with Crippen LogP contribution in [0.1, 0.15) is 0 Å². The zero-order valence-corrected chi connectivity index (χ0v) is 15.1. The van der Waals surface area contributed by atoms with Gasteiger partial charge < -0.3 is 14.8 Å². The number of nitrogens with two attached hydrogens (primary N) is 1. The van der Waals surface area contributed by atoms with Crippen molar-refractivity contribution in [2.24, 2.45) is 5.14 Å². The number of nitro groups is 1. The Bertz CT molecular complexity index is 1410. The summed E-state index contributed by atoms with van der Waals surface area (Å²) >= 11 is 0. The number of fused-ring (bicyclic) bond motifs is 3. The number of hydrogen-bond acceptors (Lipinski definition) is 8. The highest BCUT2D eigenvalue weighted by atomic mass is 32.2. The number of carbonyl (C=O) groups is 1. The van der Waals surface area contributed by atoms with Crippen LogP contribution in [0.15, 0.2) is 38.8 Å². The fourth-order valence-corrected chi connectivity index (χ4v) is 3.79. The number of aromatic amines is 1. The molecule has 0 saturated heterocycles. The molecule has 0 aliphatic carbocycles. The third-order valence-corrected chi connectivity index (χ3v) is 5.03. The highest BCUT2D eigenvalue weighted by Crippen LogP contribution is 2.35. The second-order valence-electron chi connectivity index (χ2n) is 5.80. The van der Waals surface area contributed by atoms with E-state index in [0.717, 1.165) is 16.7 Å². The van der Waals surface area contributed by atoms with Gasteiger partial charge in [-0.1, -0.05) is 12.1 Å². The lowest BCUT2D eigenvalue weighted by atomic mass is 10.1. The molecule has 1 heterocycles. The molecular weight excluding hydrogens is 412 g/mol. The van der Waals surface area contributed by atoms with Gasteiger partial charge in [-0.25, -0.2) is 18.4 Å². The molecule has 0 bridgehead atoms. The Kier molecular flexibility index (Phi) is 4.81. The number of nitrogens with one attached hydrogen (secondary N) is 1. The zero-order chi connectivity index (χ0) is 21.5. The van der Waals surface area contributed by atoms with Crippen LogP contribution in [0.25, 0.3) is 21.8 Å². The van der Waals surface area contributed by atoms with E-state index in [-0.39, 0.29) is 21.8 Å². The van der Waals surface area contributed by atoms with Crippen LogP contribution in [-0.4, -0.2) is 40.8 Å². The number of aromatic nitrogens is 2. The molecule has 14 heteroatoms. The third kappa shape index (κ3) is 3.53. The van der Waals surface area contributed by atoms with E-state index in [1.807, 2.05) is 0 Å². The Balaban J connectivity index is 2.53. The number of non-ortho nitro benzene ring substituents is 1. The van der Waals surface area contributed by atoms with E-state index in [1.54, 1.807) is 0 Å². The van der Waals surface area contributed by atoms with Gasteiger partial charge in [-0.3, -0.25) is 24.3 Å². The fraction of sp³-hybridized carbons (Fsp3) is 0.133. The molecule has 3 aromatic rings. The minimum Gasteiger partial charge on any atom is -0.450 e. The summed E-state index contributed by atoms with van der Waals surface area (Å²) < 4.78 is 29.1. The lowest BCUT2D eigenvalue weighted by Gasteiger charge is -2.13. The molecule has 0 fully saturated rings. The molecule has 4 N–H and O–H groups in total. The molecule has 0 spiro atoms. The highest BCUT2D eigenvalue weighted by molar-refractivity contribution is 7.89. The van der Waals surface area contributed by atoms with Crippen molar-refractivity contribution in [1.29, 1.82) is 0 Å². The molecular formula is C15H12N4O9S. The summed E-state index contributed by atoms with van der Waals surface area (Å²) in [5, 5.41) is 24.9. The maximum atomic E-state index is 12.3. The van der Waals surface area contributed by atoms with Gasteiger partial charge in [-0.15, -0.1) is 0 Å². The first-order chi connectivity index (χ1) is 13.5. The lowest BCUT2D eigenvalue weighted by molar-refractivity contribution is -0.383. The molecule has 3 rings (SSSR count). The number of ether oxygens (including phenoxy) is 1. The van der Waals surface area contributed by atoms with Crippen LogP contribution < -0.4 is 16.3 Å². The summed E-state index contributed by atoms with van der Waals surface area (Å²) in [6, 6.07) is 4.55. The van der Waals surface area contributed by atoms with Gasteiger partial charge in [0.25, 0.3) is 5.69 Å². The molecule has 0 radical (unpaired) electrons. The standard InChI is InChI=1S/C15H12N4O9S/c16-29(26,27)10-3-1-2-7-11(10)9(19(24)25)6-8-12(7)18(4-5-28-15(22)23)14(21)13(20)17-8/h1-3,6H,4-5H2,(H,17,20)(H,22,23)(H2,16,26,27). The average Bonchev–Trinajstić information content (AvgIpc) is 2.62. The van der Waals surface area contributed by atoms with E-state index in [9.17, 15) is 32.9 Å². The molecule has 0 saturated carbocycles. The van der Waals surface area contributed by atoms with Gasteiger partial charge >= 0.3 is 17.3 Å². The molecule has 0 atom stereocenters. The number of benzene rings is 2. The number of carboxylic acid groups (broad SMARTS) is 1. The number of H-pyrrole nitrogens is 1. The minimum atomic E-state index is -4.38. The number of rotatable bonds is 5. The van der Waals surface area contributed by atoms with Crippen LogP contribution >= 0.6 is 0 Å². The van der Waals surface area contributed by atoms with Crippen molar-refractivity contribution in [3.63, 3.8) is 0 Å². The van der Waals surface area contributed by atoms with Gasteiger partial charge in [0, 0.05) is 11.5 Å². The average molecular weight is 424 g/mol. The normalized spacial score (nSPS) is 11.6. The molecule has 0 amide bonds. The number of nitrogens with zero attached hydrogens (tertiary/aromatic N) is 2. The maximum Gasteiger partial charge on any atom is 0.505 e. The monoisotopic (exact) mass is 424 g/mol. The second-order valence-corrected chi connectivity index (χ2v) is 7.33. The van der Waals surface area contributed by atoms with Crippen molar-refractivity contribution in [2.75, 3.05) is 6.61 Å². The molecule has 13 nitrogen and oxygen atoms in total. The van der Waals surface area contributed by atoms with Crippen molar-refractivity contribution >= 4 is 43.7 Å². The number of sulfonamides is 1. The first kappa shape index (κ1) is 20.0. The highest BCUT2D eigenvalue weighted by Gasteiger charge is 2.25. The molecule has 0 aliphatic heterocycles. The fourth-order valence-electron chi connectivity index (χ4n) is 3.02. The van der Waals surface area contributed by atoms with Crippen molar-refractivity contribution in [3.05, 3.63) is 55.1 Å². The van der Waals surface area contributed by atoms with Crippen LogP contribution in [0.3, 0.4) is 0 Å². The quantitative estimate of drug-likeness (QED) is 0.167. The minimum absolute atomic E-state index is 0.0466. The number of nitro benzene ring substituents is 1. The van der Waals surface area contributed by atoms with Crippen LogP contribution in [0.2, 0.25) is 0 Å². The summed E-state index contributed by atoms with van der Waals surface area (Å²) in [6.07, 6.45) is -1.61. The van der Waals surface area contributed by atoms with Gasteiger partial charge in [0.1, 0.15) is 6.61 Å². The largest absolute Gasteiger partial charge is 0.505 e. The van der Waals surface area contributed by atoms with E-state index < -0.39 is 56.0 Å². The van der Waals surface area contributed by atoms with E-state index in [1.165, 1.54) is 12.1 Å². The summed E-state index contributed by atoms with van der Waals surface area (Å²) in [6.45, 7) is -0.890. The summed E-state index contributed by atoms with van der Waals surface area (Å²) in [5.74, 6) is 0. The first-order valence-electron chi connectivity index (χ1n) is 7.78. The van der Waals surface area contributed by atoms with Gasteiger partial charge in [-0.05, 0) is 6.07 Å². The molecule has 152 valence electrons. The zero-order valence-electron chi connectivity index (χ0n) is 14.3. The SMILES string of the molecule is NS(=O)(=O)c1cccc2c1c([N+](=O)[O-])cc1[nH]c(=O)c(=O)n(CCOC(=O)O)c12. The molecule has 1 aromatic heterocycles. The Morgan fingerprint density at radius 1 is 1.34 bits per heavy atom. The van der Waals surface area contributed by atoms with Gasteiger partial charge in [0.2, 0.25) is 10.0 Å². The van der Waals surface area contributed by atoms with E-state index in [4.69, 9.17) is 10.2 Å². The van der Waals surface area contributed by atoms with Gasteiger partial charge in [0.05, 0.1) is 32.8 Å². The van der Waals surface area contributed by atoms with Gasteiger partial charge in [0.15, 0.2) is 0 Å². The van der Waals surface area contributed by atoms with Crippen molar-refractivity contribution in [2.45, 2.75) is 11.4 Å². The van der Waals surface area contributed by atoms with Gasteiger partial charge in [-0.2, -0.15) is 0 Å². The maximum absolute atomic E-state index is 12.3. The van der Waals surface area contributed by atoms with Crippen molar-refractivity contribution < 1.29 is 28.0 Å². The lowest BCUT2D eigenvalue weighted by Crippen LogP contribution is -2.37. The van der Waals surface area contributed by atoms with E-state index in [2.05, 4.69) is 9.72 Å². The predicted molar refractivity (Wildman–Crippen MR) is 98.3 cm³/mol. The molecule has 0 aliphatic rings. The van der Waals surface area contributed by atoms with Crippen molar-refractivity contribution in [1.82, 2.24) is 9.55 Å². The smallest absolute Gasteiger partial charge is 0.450 e. The van der Waals surface area contributed by atoms with Crippen LogP contribution in [0.5, 0.6) is 0 Å². The number of primary sulfonamides is 1. The third-order valence-electron chi connectivity index (χ3n) is 4.07. The summed E-state index contributed by atoms with van der Waals surface area (Å²) in [5.41, 5.74) is -3.02. The Morgan fingerprint density at radius 3 is 2.62 bits per heavy atom. The molecule has 0 unspecified atom stereocenters.